The van der Waals surface area contributed by atoms with Crippen LogP contribution < -0.4 is 10.0 Å². The van der Waals surface area contributed by atoms with Crippen LogP contribution in [-0.4, -0.2) is 21.0 Å². The molecule has 0 spiro atoms. The second-order valence-corrected chi connectivity index (χ2v) is 7.23. The molecule has 0 saturated heterocycles. The minimum Gasteiger partial charge on any atom is -0.326 e. The van der Waals surface area contributed by atoms with E-state index in [4.69, 9.17) is 5.73 Å². The largest absolute Gasteiger partial charge is 0.326 e. The molecule has 0 fully saturated rings. The zero-order chi connectivity index (χ0) is 15.0. The van der Waals surface area contributed by atoms with E-state index in [0.29, 0.717) is 17.9 Å². The van der Waals surface area contributed by atoms with E-state index < -0.39 is 10.0 Å². The minimum atomic E-state index is -3.59. The molecule has 2 aromatic rings. The van der Waals surface area contributed by atoms with Gasteiger partial charge in [0, 0.05) is 12.6 Å². The number of aryl methyl sites for hydroxylation is 1. The van der Waals surface area contributed by atoms with Crippen molar-refractivity contribution in [2.75, 3.05) is 10.8 Å². The first-order chi connectivity index (χ1) is 10.00. The van der Waals surface area contributed by atoms with Crippen LogP contribution in [0.2, 0.25) is 0 Å². The van der Waals surface area contributed by atoms with E-state index in [0.717, 1.165) is 16.8 Å². The monoisotopic (exact) mass is 302 g/mol. The number of nitrogens with zero attached hydrogens (tertiary/aromatic N) is 1. The summed E-state index contributed by atoms with van der Waals surface area (Å²) in [6, 6.07) is 14.4. The van der Waals surface area contributed by atoms with Gasteiger partial charge in [-0.1, -0.05) is 36.4 Å². The lowest BCUT2D eigenvalue weighted by molar-refractivity contribution is 0.575. The highest BCUT2D eigenvalue weighted by Gasteiger charge is 2.32. The molecule has 5 heteroatoms. The predicted octanol–water partition coefficient (Wildman–Crippen LogP) is 2.07. The fourth-order valence-corrected chi connectivity index (χ4v) is 4.56. The van der Waals surface area contributed by atoms with Gasteiger partial charge in [-0.05, 0) is 36.6 Å². The highest BCUT2D eigenvalue weighted by atomic mass is 32.2. The van der Waals surface area contributed by atoms with Gasteiger partial charge in [-0.3, -0.25) is 4.31 Å². The molecule has 0 saturated carbocycles. The SMILES string of the molecule is Cc1ccccc1S(=O)(=O)N1CC(N)Cc2ccccc21. The van der Waals surface area contributed by atoms with Crippen LogP contribution in [0.4, 0.5) is 5.69 Å². The number of rotatable bonds is 2. The van der Waals surface area contributed by atoms with Gasteiger partial charge in [0.25, 0.3) is 10.0 Å². The maximum atomic E-state index is 13.0. The number of sulfonamides is 1. The van der Waals surface area contributed by atoms with Gasteiger partial charge in [0.05, 0.1) is 10.6 Å². The summed E-state index contributed by atoms with van der Waals surface area (Å²) in [6.07, 6.45) is 0.704. The Kier molecular flexibility index (Phi) is 3.47. The van der Waals surface area contributed by atoms with Gasteiger partial charge in [0.15, 0.2) is 0 Å². The van der Waals surface area contributed by atoms with Crippen LogP contribution in [0.15, 0.2) is 53.4 Å². The normalized spacial score (nSPS) is 18.4. The van der Waals surface area contributed by atoms with Crippen LogP contribution in [-0.2, 0) is 16.4 Å². The first kappa shape index (κ1) is 14.1. The Morgan fingerprint density at radius 1 is 1.10 bits per heavy atom. The van der Waals surface area contributed by atoms with E-state index in [1.807, 2.05) is 43.3 Å². The van der Waals surface area contributed by atoms with Crippen LogP contribution in [0.5, 0.6) is 0 Å². The maximum absolute atomic E-state index is 13.0. The minimum absolute atomic E-state index is 0.182. The molecule has 2 N–H and O–H groups in total. The number of anilines is 1. The molecule has 0 aromatic heterocycles. The topological polar surface area (TPSA) is 63.4 Å². The summed E-state index contributed by atoms with van der Waals surface area (Å²) >= 11 is 0. The highest BCUT2D eigenvalue weighted by Crippen LogP contribution is 2.32. The number of fused-ring (bicyclic) bond motifs is 1. The summed E-state index contributed by atoms with van der Waals surface area (Å²) in [6.45, 7) is 2.12. The smallest absolute Gasteiger partial charge is 0.264 e. The van der Waals surface area contributed by atoms with Crippen LogP contribution >= 0.6 is 0 Å². The fraction of sp³-hybridized carbons (Fsp3) is 0.250. The number of hydrogen-bond acceptors (Lipinski definition) is 3. The molecule has 1 atom stereocenters. The third kappa shape index (κ3) is 2.43. The van der Waals surface area contributed by atoms with Gasteiger partial charge >= 0.3 is 0 Å². The van der Waals surface area contributed by atoms with Crippen LogP contribution in [0, 0.1) is 6.92 Å². The standard InChI is InChI=1S/C16H18N2O2S/c1-12-6-2-5-9-16(12)21(19,20)18-11-14(17)10-13-7-3-4-8-15(13)18/h2-9,14H,10-11,17H2,1H3. The van der Waals surface area contributed by atoms with Gasteiger partial charge in [-0.25, -0.2) is 8.42 Å². The zero-order valence-electron chi connectivity index (χ0n) is 11.9. The predicted molar refractivity (Wildman–Crippen MR) is 83.8 cm³/mol. The Bertz CT molecular complexity index is 771. The summed E-state index contributed by atoms with van der Waals surface area (Å²) in [7, 11) is -3.59. The molecular weight excluding hydrogens is 284 g/mol. The third-order valence-electron chi connectivity index (χ3n) is 3.80. The van der Waals surface area contributed by atoms with Crippen molar-refractivity contribution in [3.63, 3.8) is 0 Å². The Labute approximate surface area is 125 Å². The molecule has 0 aliphatic carbocycles. The molecule has 2 aromatic carbocycles. The summed E-state index contributed by atoms with van der Waals surface area (Å²) in [5.41, 5.74) is 8.51. The quantitative estimate of drug-likeness (QED) is 0.923. The lowest BCUT2D eigenvalue weighted by Gasteiger charge is -2.34. The molecule has 1 aliphatic rings. The van der Waals surface area contributed by atoms with Crippen LogP contribution in [0.1, 0.15) is 11.1 Å². The molecular formula is C16H18N2O2S. The van der Waals surface area contributed by atoms with E-state index in [-0.39, 0.29) is 6.04 Å². The molecule has 110 valence electrons. The van der Waals surface area contributed by atoms with Crippen molar-refractivity contribution < 1.29 is 8.42 Å². The number of nitrogens with two attached hydrogens (primary N) is 1. The van der Waals surface area contributed by atoms with E-state index in [1.165, 1.54) is 4.31 Å². The van der Waals surface area contributed by atoms with Crippen molar-refractivity contribution in [2.45, 2.75) is 24.3 Å². The second kappa shape index (κ2) is 5.16. The first-order valence-electron chi connectivity index (χ1n) is 6.92. The van der Waals surface area contributed by atoms with Gasteiger partial charge in [0.1, 0.15) is 0 Å². The molecule has 1 heterocycles. The Morgan fingerprint density at radius 2 is 1.76 bits per heavy atom. The molecule has 0 bridgehead atoms. The van der Waals surface area contributed by atoms with Gasteiger partial charge in [-0.15, -0.1) is 0 Å². The van der Waals surface area contributed by atoms with Crippen molar-refractivity contribution in [3.8, 4) is 0 Å². The van der Waals surface area contributed by atoms with Crippen LogP contribution in [0.25, 0.3) is 0 Å². The molecule has 21 heavy (non-hydrogen) atoms. The maximum Gasteiger partial charge on any atom is 0.264 e. The Morgan fingerprint density at radius 3 is 2.52 bits per heavy atom. The fourth-order valence-electron chi connectivity index (χ4n) is 2.78. The lowest BCUT2D eigenvalue weighted by Crippen LogP contribution is -2.46. The van der Waals surface area contributed by atoms with Gasteiger partial charge in [0.2, 0.25) is 0 Å². The average Bonchev–Trinajstić information content (AvgIpc) is 2.46. The van der Waals surface area contributed by atoms with Crippen molar-refractivity contribution in [1.82, 2.24) is 0 Å². The van der Waals surface area contributed by atoms with E-state index in [2.05, 4.69) is 0 Å². The Hall–Kier alpha value is -1.85. The number of hydrogen-bond donors (Lipinski definition) is 1. The van der Waals surface area contributed by atoms with Crippen molar-refractivity contribution in [1.29, 1.82) is 0 Å². The summed E-state index contributed by atoms with van der Waals surface area (Å²) in [5, 5.41) is 0. The van der Waals surface area contributed by atoms with E-state index in [9.17, 15) is 8.42 Å². The highest BCUT2D eigenvalue weighted by molar-refractivity contribution is 7.92. The summed E-state index contributed by atoms with van der Waals surface area (Å²) in [4.78, 5) is 0.342. The Balaban J connectivity index is 2.14. The van der Waals surface area contributed by atoms with Gasteiger partial charge in [-0.2, -0.15) is 0 Å². The molecule has 1 aliphatic heterocycles. The molecule has 3 rings (SSSR count). The number of para-hydroxylation sites is 1. The van der Waals surface area contributed by atoms with E-state index >= 15 is 0 Å². The van der Waals surface area contributed by atoms with Gasteiger partial charge < -0.3 is 5.73 Å². The van der Waals surface area contributed by atoms with Crippen molar-refractivity contribution >= 4 is 15.7 Å². The second-order valence-electron chi connectivity index (χ2n) is 5.39. The molecule has 0 amide bonds. The number of benzene rings is 2. The summed E-state index contributed by atoms with van der Waals surface area (Å²) in [5.74, 6) is 0. The van der Waals surface area contributed by atoms with Crippen LogP contribution in [0.3, 0.4) is 0 Å². The molecule has 1 unspecified atom stereocenters. The molecule has 4 nitrogen and oxygen atoms in total. The van der Waals surface area contributed by atoms with Crippen molar-refractivity contribution in [3.05, 3.63) is 59.7 Å². The van der Waals surface area contributed by atoms with E-state index in [1.54, 1.807) is 12.1 Å². The zero-order valence-corrected chi connectivity index (χ0v) is 12.7. The lowest BCUT2D eigenvalue weighted by atomic mass is 10.0. The third-order valence-corrected chi connectivity index (χ3v) is 5.74. The average molecular weight is 302 g/mol. The van der Waals surface area contributed by atoms with Crippen molar-refractivity contribution in [2.24, 2.45) is 5.73 Å². The first-order valence-corrected chi connectivity index (χ1v) is 8.36. The molecule has 0 radical (unpaired) electrons. The summed E-state index contributed by atoms with van der Waals surface area (Å²) < 4.78 is 27.4.